The van der Waals surface area contributed by atoms with E-state index < -0.39 is 0 Å². The summed E-state index contributed by atoms with van der Waals surface area (Å²) in [7, 11) is 0. The molecule has 0 nitrogen and oxygen atoms in total. The first kappa shape index (κ1) is 26.3. The van der Waals surface area contributed by atoms with Crippen LogP contribution >= 0.6 is 0 Å². The topological polar surface area (TPSA) is 0 Å². The zero-order valence-electron chi connectivity index (χ0n) is 14.1. The van der Waals surface area contributed by atoms with Crippen LogP contribution in [0.25, 0.3) is 0 Å². The second-order valence-electron chi connectivity index (χ2n) is 5.09. The van der Waals surface area contributed by atoms with Gasteiger partial charge in [0.15, 0.2) is 0 Å². The fourth-order valence-corrected chi connectivity index (χ4v) is 1.90. The maximum atomic E-state index is 2.25. The van der Waals surface area contributed by atoms with Crippen LogP contribution in [0.4, 0.5) is 0 Å². The summed E-state index contributed by atoms with van der Waals surface area (Å²) in [6.45, 7) is 15.1. The van der Waals surface area contributed by atoms with E-state index in [-0.39, 0.29) is 24.8 Å². The summed E-state index contributed by atoms with van der Waals surface area (Å²) < 4.78 is 0. The molecule has 0 amide bonds. The molecular weight excluding hydrogens is 394 g/mol. The van der Waals surface area contributed by atoms with Gasteiger partial charge in [0.1, 0.15) is 0 Å². The molecule has 0 aliphatic heterocycles. The van der Waals surface area contributed by atoms with Gasteiger partial charge in [-0.3, -0.25) is 0 Å². The summed E-state index contributed by atoms with van der Waals surface area (Å²) in [4.78, 5) is 0. The molecule has 2 aromatic rings. The van der Waals surface area contributed by atoms with Crippen molar-refractivity contribution in [2.24, 2.45) is 0 Å². The predicted octanol–water partition coefficient (Wildman–Crippen LogP) is -1.40. The molecule has 21 heavy (non-hydrogen) atoms. The molecule has 0 fully saturated rings. The Morgan fingerprint density at radius 1 is 0.762 bits per heavy atom. The van der Waals surface area contributed by atoms with Crippen LogP contribution in [0.3, 0.4) is 0 Å². The third kappa shape index (κ3) is 11.6. The molecule has 2 aromatic carbocycles. The van der Waals surface area contributed by atoms with E-state index >= 15 is 0 Å². The van der Waals surface area contributed by atoms with Crippen LogP contribution in [0.1, 0.15) is 33.4 Å². The fraction of sp³-hybridized carbons (Fsp3) is 0.412. The zero-order valence-corrected chi connectivity index (χ0v) is 19.3. The van der Waals surface area contributed by atoms with E-state index in [0.29, 0.717) is 0 Å². The second-order valence-corrected chi connectivity index (χ2v) is 9.92. The van der Waals surface area contributed by atoms with Crippen LogP contribution in [-0.2, 0) is 23.3 Å². The summed E-state index contributed by atoms with van der Waals surface area (Å²) in [5.74, 6) is 0. The summed E-state index contributed by atoms with van der Waals surface area (Å²) in [5.41, 5.74) is 8.37. The Morgan fingerprint density at radius 3 is 1.05 bits per heavy atom. The van der Waals surface area contributed by atoms with Crippen LogP contribution in [0.15, 0.2) is 24.3 Å². The van der Waals surface area contributed by atoms with Crippen molar-refractivity contribution >= 4 is 6.16 Å². The van der Waals surface area contributed by atoms with E-state index in [9.17, 15) is 0 Å². The van der Waals surface area contributed by atoms with Gasteiger partial charge < -0.3 is 24.8 Å². The Hall–Kier alpha value is 0.380. The average molecular weight is 421 g/mol. The normalized spacial score (nSPS) is 8.24. The van der Waals surface area contributed by atoms with Gasteiger partial charge in [0.25, 0.3) is 0 Å². The third-order valence-corrected chi connectivity index (χ3v) is 3.02. The van der Waals surface area contributed by atoms with Gasteiger partial charge in [-0.15, -0.1) is 0 Å². The van der Waals surface area contributed by atoms with Crippen molar-refractivity contribution in [2.75, 3.05) is 0 Å². The van der Waals surface area contributed by atoms with E-state index in [1.165, 1.54) is 33.4 Å². The van der Waals surface area contributed by atoms with E-state index in [2.05, 4.69) is 72.4 Å². The van der Waals surface area contributed by atoms with Gasteiger partial charge in [-0.05, 0) is 0 Å². The molecule has 0 atom stereocenters. The number of hydrogen-bond acceptors (Lipinski definition) is 0. The summed E-state index contributed by atoms with van der Waals surface area (Å²) in [6.07, 6.45) is 0.840. The monoisotopic (exact) mass is 418 g/mol. The summed E-state index contributed by atoms with van der Waals surface area (Å²) in [5, 5.41) is 0. The molecule has 0 aliphatic rings. The first-order valence-corrected chi connectivity index (χ1v) is 12.7. The minimum atomic E-state index is 0. The molecule has 2 rings (SSSR count). The minimum Gasteiger partial charge on any atom is -1.00 e. The number of hydrogen-bond donors (Lipinski definition) is 0. The van der Waals surface area contributed by atoms with Gasteiger partial charge in [0, 0.05) is 0 Å². The summed E-state index contributed by atoms with van der Waals surface area (Å²) in [6, 6.07) is 8.81. The molecule has 0 heterocycles. The van der Waals surface area contributed by atoms with Crippen molar-refractivity contribution < 1.29 is 48.1 Å². The number of rotatable bonds is 0. The molecule has 0 aliphatic carbocycles. The van der Waals surface area contributed by atoms with Crippen LogP contribution < -0.4 is 24.8 Å². The first-order chi connectivity index (χ1) is 8.81. The van der Waals surface area contributed by atoms with Crippen molar-refractivity contribution in [2.45, 2.75) is 48.1 Å². The molecule has 0 aromatic heterocycles. The van der Waals surface area contributed by atoms with E-state index in [0.717, 1.165) is 6.16 Å². The second kappa shape index (κ2) is 14.0. The minimum absolute atomic E-state index is 0. The van der Waals surface area contributed by atoms with Crippen LogP contribution in [0.5, 0.6) is 0 Å². The van der Waals surface area contributed by atoms with Crippen molar-refractivity contribution in [3.05, 3.63) is 57.6 Å². The first-order valence-electron chi connectivity index (χ1n) is 6.68. The Labute approximate surface area is 159 Å². The Bertz CT molecular complexity index is 430. The molecule has 0 unspecified atom stereocenters. The van der Waals surface area contributed by atoms with Crippen LogP contribution in [0, 0.1) is 41.5 Å². The third-order valence-electron chi connectivity index (χ3n) is 3.02. The van der Waals surface area contributed by atoms with E-state index in [1.807, 2.05) is 0 Å². The Balaban J connectivity index is -0.000000242. The van der Waals surface area contributed by atoms with Crippen molar-refractivity contribution in [1.29, 1.82) is 0 Å². The Kier molecular flexibility index (Phi) is 17.5. The van der Waals surface area contributed by atoms with E-state index in [1.54, 1.807) is 23.3 Å². The average Bonchev–Trinajstić information content (AvgIpc) is 2.72. The number of aryl methyl sites for hydroxylation is 6. The molecule has 0 spiro atoms. The smallest absolute Gasteiger partial charge is 0.0632 e. The zero-order chi connectivity index (χ0) is 15.0. The Morgan fingerprint density at radius 2 is 1.00 bits per heavy atom. The molecule has 118 valence electrons. The molecule has 0 saturated heterocycles. The van der Waals surface area contributed by atoms with Crippen LogP contribution in [-0.4, -0.2) is 6.16 Å². The fourth-order valence-electron chi connectivity index (χ4n) is 1.90. The van der Waals surface area contributed by atoms with Gasteiger partial charge in [0.2, 0.25) is 0 Å². The van der Waals surface area contributed by atoms with Gasteiger partial charge in [-0.1, -0.05) is 41.5 Å². The summed E-state index contributed by atoms with van der Waals surface area (Å²) >= 11 is 1.72. The molecular formula is C17H26Cl2SiZr-2. The standard InChI is InChI=1S/2C8H11.CH4Si.2ClH.Zr/c2*1-6-4-7(2)8(3)5-6;1-2;;;/h2*4-5H,1-3H3;2H,1H3;2*1H;/q2*-1;;;;+2/p-2. The predicted molar refractivity (Wildman–Crippen MR) is 85.5 cm³/mol. The number of halogens is 2. The largest absolute Gasteiger partial charge is 1.00 e. The van der Waals surface area contributed by atoms with E-state index in [4.69, 9.17) is 0 Å². The van der Waals surface area contributed by atoms with Crippen molar-refractivity contribution in [3.8, 4) is 0 Å². The molecule has 4 heteroatoms. The molecule has 0 saturated carbocycles. The van der Waals surface area contributed by atoms with Crippen molar-refractivity contribution in [1.82, 2.24) is 0 Å². The van der Waals surface area contributed by atoms with Gasteiger partial charge >= 0.3 is 36.0 Å². The van der Waals surface area contributed by atoms with Gasteiger partial charge in [0.05, 0.1) is 0 Å². The molecule has 0 radical (unpaired) electrons. The van der Waals surface area contributed by atoms with Crippen LogP contribution in [0.2, 0.25) is 6.55 Å². The molecule has 0 bridgehead atoms. The maximum absolute atomic E-state index is 2.25. The molecule has 0 N–H and O–H groups in total. The SMILES string of the molecule is C[SiH]=[Zr+2].Cc1cc(C)c(C)[cH-]1.Cc1cc(C)c(C)[cH-]1.[Cl-].[Cl-]. The van der Waals surface area contributed by atoms with Crippen molar-refractivity contribution in [3.63, 3.8) is 0 Å². The van der Waals surface area contributed by atoms with Gasteiger partial charge in [-0.25, -0.2) is 12.1 Å². The maximum Gasteiger partial charge on any atom is -0.0632 e. The quantitative estimate of drug-likeness (QED) is 0.364. The van der Waals surface area contributed by atoms with Gasteiger partial charge in [-0.2, -0.15) is 45.5 Å².